The van der Waals surface area contributed by atoms with Crippen LogP contribution in [0.1, 0.15) is 30.6 Å². The maximum Gasteiger partial charge on any atom is 0.142 e. The Morgan fingerprint density at radius 2 is 2.00 bits per heavy atom. The summed E-state index contributed by atoms with van der Waals surface area (Å²) in [6.07, 6.45) is 2.68. The van der Waals surface area contributed by atoms with Gasteiger partial charge in [-0.05, 0) is 72.9 Å². The number of hydrogen-bond donors (Lipinski definition) is 1. The van der Waals surface area contributed by atoms with Crippen molar-refractivity contribution in [2.24, 2.45) is 0 Å². The van der Waals surface area contributed by atoms with E-state index >= 15 is 0 Å². The summed E-state index contributed by atoms with van der Waals surface area (Å²) in [6.45, 7) is 2.85. The molecule has 0 saturated carbocycles. The Kier molecular flexibility index (Phi) is 6.34. The van der Waals surface area contributed by atoms with Crippen molar-refractivity contribution in [3.63, 3.8) is 0 Å². The number of rotatable bonds is 5. The van der Waals surface area contributed by atoms with E-state index < -0.39 is 0 Å². The van der Waals surface area contributed by atoms with E-state index in [9.17, 15) is 4.39 Å². The molecule has 1 heterocycles. The Hall–Kier alpha value is -0.300. The van der Waals surface area contributed by atoms with E-state index in [1.165, 1.54) is 0 Å². The van der Waals surface area contributed by atoms with Crippen LogP contribution in [0.25, 0.3) is 0 Å². The molecule has 0 aliphatic rings. The first-order chi connectivity index (χ1) is 10.0. The van der Waals surface area contributed by atoms with Crippen molar-refractivity contribution in [3.05, 3.63) is 61.0 Å². The Morgan fingerprint density at radius 1 is 1.24 bits per heavy atom. The molecule has 1 aromatic carbocycles. The largest absolute Gasteiger partial charge is 0.305 e. The van der Waals surface area contributed by atoms with Crippen molar-refractivity contribution in [1.82, 2.24) is 10.3 Å². The fourth-order valence-electron chi connectivity index (χ4n) is 2.02. The minimum Gasteiger partial charge on any atom is -0.305 e. The quantitative estimate of drug-likeness (QED) is 0.602. The third-order valence-corrected chi connectivity index (χ3v) is 4.68. The van der Waals surface area contributed by atoms with E-state index in [-0.39, 0.29) is 11.9 Å². The fourth-order valence-corrected chi connectivity index (χ4v) is 3.62. The number of nitrogens with one attached hydrogen (secondary N) is 1. The molecule has 0 aliphatic heterocycles. The van der Waals surface area contributed by atoms with Gasteiger partial charge in [-0.25, -0.2) is 4.39 Å². The molecule has 2 rings (SSSR count). The molecule has 0 saturated heterocycles. The van der Waals surface area contributed by atoms with Crippen LogP contribution in [0.15, 0.2) is 43.9 Å². The van der Waals surface area contributed by atoms with Gasteiger partial charge >= 0.3 is 0 Å². The van der Waals surface area contributed by atoms with Gasteiger partial charge in [-0.3, -0.25) is 4.98 Å². The molecule has 0 spiro atoms. The summed E-state index contributed by atoms with van der Waals surface area (Å²) in [4.78, 5) is 4.44. The summed E-state index contributed by atoms with van der Waals surface area (Å²) < 4.78 is 16.6. The number of halogens is 4. The van der Waals surface area contributed by atoms with Gasteiger partial charge < -0.3 is 5.32 Å². The SMILES string of the molecule is CCCNC(c1cccc(Br)c1F)c1ncc(Br)cc1Br. The lowest BCUT2D eigenvalue weighted by molar-refractivity contribution is 0.535. The summed E-state index contributed by atoms with van der Waals surface area (Å²) >= 11 is 10.1. The third-order valence-electron chi connectivity index (χ3n) is 3.00. The predicted octanol–water partition coefficient (Wildman–Crippen LogP) is 5.60. The van der Waals surface area contributed by atoms with Crippen LogP contribution in [0, 0.1) is 5.82 Å². The molecular formula is C15H14Br3FN2. The maximum atomic E-state index is 14.4. The first-order valence-corrected chi connectivity index (χ1v) is 8.90. The topological polar surface area (TPSA) is 24.9 Å². The lowest BCUT2D eigenvalue weighted by atomic mass is 10.0. The minimum absolute atomic E-state index is 0.261. The molecule has 1 unspecified atom stereocenters. The zero-order valence-electron chi connectivity index (χ0n) is 11.3. The van der Waals surface area contributed by atoms with Crippen molar-refractivity contribution in [2.75, 3.05) is 6.54 Å². The number of benzene rings is 1. The second-order valence-corrected chi connectivity index (χ2v) is 7.18. The van der Waals surface area contributed by atoms with Crippen molar-refractivity contribution >= 4 is 47.8 Å². The van der Waals surface area contributed by atoms with Crippen LogP contribution >= 0.6 is 47.8 Å². The normalized spacial score (nSPS) is 12.4. The smallest absolute Gasteiger partial charge is 0.142 e. The molecule has 1 atom stereocenters. The van der Waals surface area contributed by atoms with Crippen LogP contribution in [0.4, 0.5) is 4.39 Å². The van der Waals surface area contributed by atoms with Gasteiger partial charge in [0.1, 0.15) is 5.82 Å². The minimum atomic E-state index is -0.301. The average Bonchev–Trinajstić information content (AvgIpc) is 2.45. The standard InChI is InChI=1S/C15H14Br3FN2/c1-2-6-20-14(10-4-3-5-11(17)13(10)19)15-12(18)7-9(16)8-21-15/h3-5,7-8,14,20H,2,6H2,1H3. The van der Waals surface area contributed by atoms with E-state index in [2.05, 4.69) is 65.0 Å². The molecule has 1 aromatic heterocycles. The second kappa shape index (κ2) is 7.81. The molecule has 2 aromatic rings. The lowest BCUT2D eigenvalue weighted by Crippen LogP contribution is -2.25. The summed E-state index contributed by atoms with van der Waals surface area (Å²) in [7, 11) is 0. The highest BCUT2D eigenvalue weighted by molar-refractivity contribution is 9.11. The molecule has 0 aliphatic carbocycles. The monoisotopic (exact) mass is 478 g/mol. The first kappa shape index (κ1) is 17.1. The van der Waals surface area contributed by atoms with Crippen molar-refractivity contribution < 1.29 is 4.39 Å². The maximum absolute atomic E-state index is 14.4. The molecule has 21 heavy (non-hydrogen) atoms. The van der Waals surface area contributed by atoms with Gasteiger partial charge in [0, 0.05) is 20.7 Å². The van der Waals surface area contributed by atoms with E-state index in [4.69, 9.17) is 0 Å². The Balaban J connectivity index is 2.49. The van der Waals surface area contributed by atoms with Gasteiger partial charge in [-0.2, -0.15) is 0 Å². The van der Waals surface area contributed by atoms with E-state index in [0.29, 0.717) is 10.0 Å². The number of aromatic nitrogens is 1. The molecule has 1 N–H and O–H groups in total. The average molecular weight is 481 g/mol. The zero-order chi connectivity index (χ0) is 15.4. The number of hydrogen-bond acceptors (Lipinski definition) is 2. The molecule has 2 nitrogen and oxygen atoms in total. The zero-order valence-corrected chi connectivity index (χ0v) is 16.1. The molecule has 0 radical (unpaired) electrons. The highest BCUT2D eigenvalue weighted by Crippen LogP contribution is 2.32. The first-order valence-electron chi connectivity index (χ1n) is 6.52. The lowest BCUT2D eigenvalue weighted by Gasteiger charge is -2.21. The van der Waals surface area contributed by atoms with Crippen LogP contribution in [0.3, 0.4) is 0 Å². The van der Waals surface area contributed by atoms with Crippen molar-refractivity contribution in [1.29, 1.82) is 0 Å². The van der Waals surface area contributed by atoms with Crippen LogP contribution in [-0.4, -0.2) is 11.5 Å². The third kappa shape index (κ3) is 4.12. The summed E-state index contributed by atoms with van der Waals surface area (Å²) in [6, 6.07) is 6.92. The summed E-state index contributed by atoms with van der Waals surface area (Å²) in [5, 5.41) is 3.36. The van der Waals surface area contributed by atoms with E-state index in [0.717, 1.165) is 27.6 Å². The second-order valence-electron chi connectivity index (χ2n) is 4.55. The van der Waals surface area contributed by atoms with Gasteiger partial charge in [0.05, 0.1) is 16.2 Å². The Morgan fingerprint density at radius 3 is 2.67 bits per heavy atom. The van der Waals surface area contributed by atoms with Crippen molar-refractivity contribution in [3.8, 4) is 0 Å². The molecular weight excluding hydrogens is 467 g/mol. The van der Waals surface area contributed by atoms with Crippen LogP contribution in [-0.2, 0) is 0 Å². The van der Waals surface area contributed by atoms with Crippen LogP contribution in [0.5, 0.6) is 0 Å². The molecule has 6 heteroatoms. The highest BCUT2D eigenvalue weighted by atomic mass is 79.9. The van der Waals surface area contributed by atoms with Crippen molar-refractivity contribution in [2.45, 2.75) is 19.4 Å². The van der Waals surface area contributed by atoms with Gasteiger partial charge in [-0.15, -0.1) is 0 Å². The number of pyridine rings is 1. The van der Waals surface area contributed by atoms with Gasteiger partial charge in [-0.1, -0.05) is 19.1 Å². The van der Waals surface area contributed by atoms with Gasteiger partial charge in [0.25, 0.3) is 0 Å². The van der Waals surface area contributed by atoms with Crippen LogP contribution in [0.2, 0.25) is 0 Å². The molecule has 0 amide bonds. The highest BCUT2D eigenvalue weighted by Gasteiger charge is 2.22. The van der Waals surface area contributed by atoms with E-state index in [1.807, 2.05) is 12.1 Å². The fraction of sp³-hybridized carbons (Fsp3) is 0.267. The van der Waals surface area contributed by atoms with Gasteiger partial charge in [0.15, 0.2) is 0 Å². The Bertz CT molecular complexity index is 634. The summed E-state index contributed by atoms with van der Waals surface area (Å²) in [5.41, 5.74) is 1.34. The Labute approximate surface area is 148 Å². The molecule has 112 valence electrons. The number of nitrogens with zero attached hydrogens (tertiary/aromatic N) is 1. The summed E-state index contributed by atoms with van der Waals surface area (Å²) in [5.74, 6) is -0.261. The van der Waals surface area contributed by atoms with E-state index in [1.54, 1.807) is 18.3 Å². The molecule has 0 bridgehead atoms. The molecule has 0 fully saturated rings. The predicted molar refractivity (Wildman–Crippen MR) is 93.9 cm³/mol. The van der Waals surface area contributed by atoms with Gasteiger partial charge in [0.2, 0.25) is 0 Å². The van der Waals surface area contributed by atoms with Crippen LogP contribution < -0.4 is 5.32 Å².